The Kier molecular flexibility index (Phi) is 1.70. The van der Waals surface area contributed by atoms with Crippen molar-refractivity contribution >= 4 is 22.5 Å². The summed E-state index contributed by atoms with van der Waals surface area (Å²) < 4.78 is 5.07. The van der Waals surface area contributed by atoms with E-state index in [4.69, 9.17) is 16.3 Å². The summed E-state index contributed by atoms with van der Waals surface area (Å²) in [4.78, 5) is 3.02. The van der Waals surface area contributed by atoms with E-state index in [0.29, 0.717) is 5.15 Å². The average molecular weight is 182 g/mol. The summed E-state index contributed by atoms with van der Waals surface area (Å²) in [6.07, 6.45) is 0. The fraction of sp³-hybridized carbons (Fsp3) is 0.111. The number of H-pyrrole nitrogens is 1. The maximum absolute atomic E-state index is 5.78. The summed E-state index contributed by atoms with van der Waals surface area (Å²) >= 11 is 5.78. The van der Waals surface area contributed by atoms with Crippen LogP contribution in [-0.4, -0.2) is 12.1 Å². The molecule has 0 bridgehead atoms. The van der Waals surface area contributed by atoms with Crippen LogP contribution in [-0.2, 0) is 0 Å². The van der Waals surface area contributed by atoms with Crippen LogP contribution in [0.2, 0.25) is 5.15 Å². The van der Waals surface area contributed by atoms with Crippen molar-refractivity contribution in [3.63, 3.8) is 0 Å². The van der Waals surface area contributed by atoms with Crippen molar-refractivity contribution in [2.24, 2.45) is 0 Å². The fourth-order valence-electron chi connectivity index (χ4n) is 1.20. The van der Waals surface area contributed by atoms with Crippen molar-refractivity contribution in [2.45, 2.75) is 0 Å². The van der Waals surface area contributed by atoms with Gasteiger partial charge in [0.2, 0.25) is 0 Å². The Morgan fingerprint density at radius 3 is 2.92 bits per heavy atom. The molecule has 62 valence electrons. The lowest BCUT2D eigenvalue weighted by Gasteiger charge is -1.97. The number of nitrogens with one attached hydrogen (secondary N) is 1. The Bertz CT molecular complexity index is 408. The minimum Gasteiger partial charge on any atom is -0.497 e. The largest absolute Gasteiger partial charge is 0.497 e. The molecule has 0 aliphatic carbocycles. The van der Waals surface area contributed by atoms with E-state index in [2.05, 4.69) is 4.98 Å². The van der Waals surface area contributed by atoms with E-state index in [-0.39, 0.29) is 0 Å². The van der Waals surface area contributed by atoms with Crippen LogP contribution in [0.3, 0.4) is 0 Å². The Labute approximate surface area is 75.1 Å². The van der Waals surface area contributed by atoms with Gasteiger partial charge in [-0.05, 0) is 18.2 Å². The number of hydrogen-bond donors (Lipinski definition) is 1. The predicted molar refractivity (Wildman–Crippen MR) is 49.9 cm³/mol. The Morgan fingerprint density at radius 1 is 1.33 bits per heavy atom. The van der Waals surface area contributed by atoms with E-state index < -0.39 is 0 Å². The molecular weight excluding hydrogens is 174 g/mol. The third-order valence-electron chi connectivity index (χ3n) is 1.80. The quantitative estimate of drug-likeness (QED) is 0.719. The van der Waals surface area contributed by atoms with E-state index in [0.717, 1.165) is 16.7 Å². The summed E-state index contributed by atoms with van der Waals surface area (Å²) in [7, 11) is 1.64. The zero-order chi connectivity index (χ0) is 8.55. The average Bonchev–Trinajstić information content (AvgIpc) is 2.43. The third-order valence-corrected chi connectivity index (χ3v) is 2.00. The lowest BCUT2D eigenvalue weighted by Crippen LogP contribution is -1.80. The highest BCUT2D eigenvalue weighted by molar-refractivity contribution is 6.30. The predicted octanol–water partition coefficient (Wildman–Crippen LogP) is 2.83. The number of fused-ring (bicyclic) bond motifs is 1. The standard InChI is InChI=1S/C9H8ClNO/c1-12-7-3-2-6-4-9(10)11-8(6)5-7/h2-5,11H,1H3. The van der Waals surface area contributed by atoms with Gasteiger partial charge in [-0.15, -0.1) is 0 Å². The van der Waals surface area contributed by atoms with Crippen molar-refractivity contribution in [3.8, 4) is 5.75 Å². The van der Waals surface area contributed by atoms with Gasteiger partial charge in [-0.2, -0.15) is 0 Å². The van der Waals surface area contributed by atoms with E-state index >= 15 is 0 Å². The molecule has 2 nitrogen and oxygen atoms in total. The van der Waals surface area contributed by atoms with Crippen LogP contribution in [0, 0.1) is 0 Å². The van der Waals surface area contributed by atoms with E-state index in [9.17, 15) is 0 Å². The van der Waals surface area contributed by atoms with Crippen LogP contribution in [0.4, 0.5) is 0 Å². The van der Waals surface area contributed by atoms with Crippen molar-refractivity contribution in [1.82, 2.24) is 4.98 Å². The first-order valence-corrected chi connectivity index (χ1v) is 3.99. The van der Waals surface area contributed by atoms with Gasteiger partial charge in [-0.3, -0.25) is 0 Å². The molecule has 0 spiro atoms. The molecule has 2 aromatic rings. The van der Waals surface area contributed by atoms with Crippen molar-refractivity contribution in [1.29, 1.82) is 0 Å². The van der Waals surface area contributed by atoms with Crippen LogP contribution in [0.15, 0.2) is 24.3 Å². The number of methoxy groups -OCH3 is 1. The van der Waals surface area contributed by atoms with Gasteiger partial charge in [0.15, 0.2) is 0 Å². The zero-order valence-corrected chi connectivity index (χ0v) is 7.35. The molecule has 0 aliphatic heterocycles. The maximum atomic E-state index is 5.78. The molecule has 0 atom stereocenters. The molecular formula is C9H8ClNO. The van der Waals surface area contributed by atoms with E-state index in [1.54, 1.807) is 7.11 Å². The summed E-state index contributed by atoms with van der Waals surface area (Å²) in [5.41, 5.74) is 0.999. The second kappa shape index (κ2) is 2.72. The van der Waals surface area contributed by atoms with Crippen LogP contribution in [0.25, 0.3) is 10.9 Å². The number of aromatic nitrogens is 1. The first kappa shape index (κ1) is 7.50. The maximum Gasteiger partial charge on any atom is 0.120 e. The molecule has 0 radical (unpaired) electrons. The molecule has 0 aliphatic rings. The minimum absolute atomic E-state index is 0.651. The Balaban J connectivity index is 2.66. The van der Waals surface area contributed by atoms with Gasteiger partial charge < -0.3 is 9.72 Å². The normalized spacial score (nSPS) is 10.5. The molecule has 0 unspecified atom stereocenters. The Hall–Kier alpha value is -1.15. The van der Waals surface area contributed by atoms with Crippen molar-refractivity contribution in [2.75, 3.05) is 7.11 Å². The molecule has 12 heavy (non-hydrogen) atoms. The highest BCUT2D eigenvalue weighted by Gasteiger charge is 1.99. The van der Waals surface area contributed by atoms with Gasteiger partial charge in [0.1, 0.15) is 10.9 Å². The number of ether oxygens (including phenoxy) is 1. The van der Waals surface area contributed by atoms with E-state index in [1.165, 1.54) is 0 Å². The molecule has 3 heteroatoms. The number of aromatic amines is 1. The lowest BCUT2D eigenvalue weighted by molar-refractivity contribution is 0.415. The molecule has 0 saturated carbocycles. The van der Waals surface area contributed by atoms with Crippen molar-refractivity contribution < 1.29 is 4.74 Å². The van der Waals surface area contributed by atoms with Crippen LogP contribution in [0.1, 0.15) is 0 Å². The fourth-order valence-corrected chi connectivity index (χ4v) is 1.42. The van der Waals surface area contributed by atoms with Crippen LogP contribution in [0.5, 0.6) is 5.75 Å². The molecule has 0 saturated heterocycles. The Morgan fingerprint density at radius 2 is 2.17 bits per heavy atom. The zero-order valence-electron chi connectivity index (χ0n) is 6.60. The number of hydrogen-bond acceptors (Lipinski definition) is 1. The second-order valence-corrected chi connectivity index (χ2v) is 2.98. The summed E-state index contributed by atoms with van der Waals surface area (Å²) in [5.74, 6) is 0.834. The lowest BCUT2D eigenvalue weighted by atomic mass is 10.2. The van der Waals surface area contributed by atoms with Crippen LogP contribution >= 0.6 is 11.6 Å². The molecule has 1 aromatic heterocycles. The van der Waals surface area contributed by atoms with Crippen LogP contribution < -0.4 is 4.74 Å². The highest BCUT2D eigenvalue weighted by Crippen LogP contribution is 2.22. The first-order chi connectivity index (χ1) is 5.79. The molecule has 1 aromatic carbocycles. The monoisotopic (exact) mass is 181 g/mol. The topological polar surface area (TPSA) is 25.0 Å². The molecule has 1 N–H and O–H groups in total. The molecule has 0 amide bonds. The van der Waals surface area contributed by atoms with Crippen molar-refractivity contribution in [3.05, 3.63) is 29.4 Å². The van der Waals surface area contributed by atoms with E-state index in [1.807, 2.05) is 24.3 Å². The summed E-state index contributed by atoms with van der Waals surface area (Å²) in [6, 6.07) is 7.68. The third kappa shape index (κ3) is 1.14. The van der Waals surface area contributed by atoms with Gasteiger partial charge in [0.25, 0.3) is 0 Å². The molecule has 0 fully saturated rings. The second-order valence-electron chi connectivity index (χ2n) is 2.57. The number of halogens is 1. The van der Waals surface area contributed by atoms with Gasteiger partial charge in [0, 0.05) is 11.5 Å². The van der Waals surface area contributed by atoms with Gasteiger partial charge in [-0.25, -0.2) is 0 Å². The first-order valence-electron chi connectivity index (χ1n) is 3.62. The van der Waals surface area contributed by atoms with Gasteiger partial charge in [0.05, 0.1) is 12.6 Å². The number of benzene rings is 1. The van der Waals surface area contributed by atoms with Gasteiger partial charge >= 0.3 is 0 Å². The minimum atomic E-state index is 0.651. The molecule has 2 rings (SSSR count). The van der Waals surface area contributed by atoms with Gasteiger partial charge in [-0.1, -0.05) is 11.6 Å². The highest BCUT2D eigenvalue weighted by atomic mass is 35.5. The SMILES string of the molecule is COc1ccc2cc(Cl)[nH]c2c1. The smallest absolute Gasteiger partial charge is 0.120 e. The molecule has 1 heterocycles. The number of rotatable bonds is 1. The summed E-state index contributed by atoms with van der Waals surface area (Å²) in [5, 5.41) is 1.75. The summed E-state index contributed by atoms with van der Waals surface area (Å²) in [6.45, 7) is 0.